The predicted octanol–water partition coefficient (Wildman–Crippen LogP) is 6.56. The maximum absolute atomic E-state index is 12.6. The number of allylic oxidation sites excluding steroid dienone is 4. The van der Waals surface area contributed by atoms with Crippen LogP contribution in [0.15, 0.2) is 71.8 Å². The van der Waals surface area contributed by atoms with Gasteiger partial charge in [0.25, 0.3) is 5.91 Å². The Morgan fingerprint density at radius 1 is 1.02 bits per heavy atom. The minimum absolute atomic E-state index is 0.154. The summed E-state index contributed by atoms with van der Waals surface area (Å²) in [6, 6.07) is 8.62. The van der Waals surface area contributed by atoms with E-state index in [1.54, 1.807) is 12.1 Å². The molecule has 0 aliphatic heterocycles. The third-order valence-corrected chi connectivity index (χ3v) is 7.32. The molecule has 0 saturated heterocycles. The van der Waals surface area contributed by atoms with Gasteiger partial charge in [0.15, 0.2) is 5.82 Å². The van der Waals surface area contributed by atoms with Crippen LogP contribution in [0, 0.1) is 0 Å². The fourth-order valence-electron chi connectivity index (χ4n) is 3.93. The van der Waals surface area contributed by atoms with Gasteiger partial charge < -0.3 is 15.4 Å². The van der Waals surface area contributed by atoms with Crippen LogP contribution in [0.25, 0.3) is 0 Å². The van der Waals surface area contributed by atoms with Gasteiger partial charge >= 0.3 is 6.36 Å². The number of halogens is 3. The molecular formula is C31H35F3N6O3S. The zero-order chi connectivity index (χ0) is 32.0. The number of hydrogen-bond acceptors (Lipinski definition) is 8. The van der Waals surface area contributed by atoms with Crippen LogP contribution in [-0.4, -0.2) is 45.1 Å². The van der Waals surface area contributed by atoms with Crippen LogP contribution in [0.1, 0.15) is 66.1 Å². The van der Waals surface area contributed by atoms with Crippen molar-refractivity contribution < 1.29 is 27.5 Å². The molecule has 0 aliphatic rings. The van der Waals surface area contributed by atoms with Crippen LogP contribution in [0.4, 0.5) is 19.0 Å². The van der Waals surface area contributed by atoms with Gasteiger partial charge in [-0.1, -0.05) is 60.3 Å². The summed E-state index contributed by atoms with van der Waals surface area (Å²) in [5, 5.41) is 23.0. The van der Waals surface area contributed by atoms with Crippen LogP contribution < -0.4 is 15.4 Å². The van der Waals surface area contributed by atoms with Gasteiger partial charge in [-0.05, 0) is 74.9 Å². The second-order valence-electron chi connectivity index (χ2n) is 9.76. The molecule has 0 unspecified atom stereocenters. The van der Waals surface area contributed by atoms with E-state index < -0.39 is 18.0 Å². The summed E-state index contributed by atoms with van der Waals surface area (Å²) in [5.74, 6) is -0.851. The molecule has 0 atom stereocenters. The summed E-state index contributed by atoms with van der Waals surface area (Å²) in [5.41, 5.74) is 3.37. The average molecular weight is 629 g/mol. The number of amides is 2. The van der Waals surface area contributed by atoms with Crippen molar-refractivity contribution in [3.63, 3.8) is 0 Å². The molecule has 44 heavy (non-hydrogen) atoms. The Bertz CT molecular complexity index is 1480. The molecule has 0 fully saturated rings. The lowest BCUT2D eigenvalue weighted by molar-refractivity contribution is -0.274. The first-order valence-electron chi connectivity index (χ1n) is 14.1. The number of benzene rings is 1. The highest BCUT2D eigenvalue weighted by Crippen LogP contribution is 2.23. The SMILES string of the molecule is C\C=C/C=C\C(CNC(=O)c1nnc(CCCCc2ccc(NC(=O)Cc3cccc(OC(F)(F)F)c3)nn2)s1)=C(\C)CC. The summed E-state index contributed by atoms with van der Waals surface area (Å²) in [7, 11) is 0. The van der Waals surface area contributed by atoms with Gasteiger partial charge in [-0.3, -0.25) is 9.59 Å². The number of anilines is 1. The second-order valence-corrected chi connectivity index (χ2v) is 10.8. The van der Waals surface area contributed by atoms with Gasteiger partial charge in [0.1, 0.15) is 10.8 Å². The molecule has 1 aromatic carbocycles. The Balaban J connectivity index is 1.40. The third kappa shape index (κ3) is 12.1. The van der Waals surface area contributed by atoms with Gasteiger partial charge in [-0.2, -0.15) is 5.10 Å². The summed E-state index contributed by atoms with van der Waals surface area (Å²) < 4.78 is 41.2. The first-order chi connectivity index (χ1) is 21.1. The highest BCUT2D eigenvalue weighted by atomic mass is 32.1. The van der Waals surface area contributed by atoms with E-state index in [9.17, 15) is 22.8 Å². The van der Waals surface area contributed by atoms with Crippen molar-refractivity contribution in [1.29, 1.82) is 0 Å². The summed E-state index contributed by atoms with van der Waals surface area (Å²) >= 11 is 1.28. The Morgan fingerprint density at radius 2 is 1.82 bits per heavy atom. The summed E-state index contributed by atoms with van der Waals surface area (Å²) in [6.07, 6.45) is 6.73. The molecule has 0 spiro atoms. The normalized spacial score (nSPS) is 12.4. The lowest BCUT2D eigenvalue weighted by atomic mass is 10.1. The van der Waals surface area contributed by atoms with E-state index in [2.05, 4.69) is 49.6 Å². The molecule has 9 nitrogen and oxygen atoms in total. The Labute approximate surface area is 258 Å². The number of aryl methyl sites for hydroxylation is 2. The third-order valence-electron chi connectivity index (χ3n) is 6.34. The molecule has 3 rings (SSSR count). The van der Waals surface area contributed by atoms with Crippen LogP contribution >= 0.6 is 11.3 Å². The smallest absolute Gasteiger partial charge is 0.406 e. The van der Waals surface area contributed by atoms with Crippen molar-refractivity contribution in [1.82, 2.24) is 25.7 Å². The minimum Gasteiger partial charge on any atom is -0.406 e. The van der Waals surface area contributed by atoms with E-state index in [1.807, 2.05) is 31.2 Å². The number of rotatable bonds is 15. The van der Waals surface area contributed by atoms with Crippen molar-refractivity contribution in [3.8, 4) is 5.75 Å². The van der Waals surface area contributed by atoms with Gasteiger partial charge in [-0.25, -0.2) is 0 Å². The highest BCUT2D eigenvalue weighted by Gasteiger charge is 2.31. The van der Waals surface area contributed by atoms with E-state index >= 15 is 0 Å². The number of hydrogen-bond donors (Lipinski definition) is 2. The molecule has 13 heteroatoms. The molecule has 2 N–H and O–H groups in total. The quantitative estimate of drug-likeness (QED) is 0.145. The number of alkyl halides is 3. The zero-order valence-electron chi connectivity index (χ0n) is 24.8. The van der Waals surface area contributed by atoms with Gasteiger partial charge in [0.2, 0.25) is 10.9 Å². The molecule has 234 valence electrons. The van der Waals surface area contributed by atoms with Crippen molar-refractivity contribution in [2.45, 2.75) is 65.7 Å². The maximum atomic E-state index is 12.6. The molecule has 2 heterocycles. The van der Waals surface area contributed by atoms with E-state index in [0.717, 1.165) is 41.6 Å². The number of nitrogens with zero attached hydrogens (tertiary/aromatic N) is 4. The molecule has 2 amide bonds. The summed E-state index contributed by atoms with van der Waals surface area (Å²) in [4.78, 5) is 24.9. The Morgan fingerprint density at radius 3 is 2.52 bits per heavy atom. The predicted molar refractivity (Wildman–Crippen MR) is 163 cm³/mol. The van der Waals surface area contributed by atoms with E-state index in [-0.39, 0.29) is 18.1 Å². The summed E-state index contributed by atoms with van der Waals surface area (Å²) in [6.45, 7) is 6.49. The molecular weight excluding hydrogens is 593 g/mol. The van der Waals surface area contributed by atoms with Crippen molar-refractivity contribution in [2.24, 2.45) is 0 Å². The van der Waals surface area contributed by atoms with Gasteiger partial charge in [0, 0.05) is 13.0 Å². The monoisotopic (exact) mass is 628 g/mol. The van der Waals surface area contributed by atoms with Crippen molar-refractivity contribution >= 4 is 29.0 Å². The number of ether oxygens (including phenoxy) is 1. The molecule has 3 aromatic rings. The largest absolute Gasteiger partial charge is 0.573 e. The number of carbonyl (C=O) groups is 2. The Kier molecular flexibility index (Phi) is 13.2. The molecule has 2 aromatic heterocycles. The maximum Gasteiger partial charge on any atom is 0.573 e. The number of carbonyl (C=O) groups excluding carboxylic acids is 2. The second kappa shape index (κ2) is 17.0. The van der Waals surface area contributed by atoms with E-state index in [0.29, 0.717) is 30.0 Å². The Hall–Kier alpha value is -4.39. The number of aromatic nitrogens is 4. The lowest BCUT2D eigenvalue weighted by Crippen LogP contribution is -2.25. The zero-order valence-corrected chi connectivity index (χ0v) is 25.6. The fraction of sp³-hybridized carbons (Fsp3) is 0.355. The van der Waals surface area contributed by atoms with Crippen LogP contribution in [0.2, 0.25) is 0 Å². The molecule has 0 radical (unpaired) electrons. The topological polar surface area (TPSA) is 119 Å². The number of nitrogens with one attached hydrogen (secondary N) is 2. The van der Waals surface area contributed by atoms with Crippen LogP contribution in [-0.2, 0) is 24.1 Å². The fourth-order valence-corrected chi connectivity index (χ4v) is 4.72. The molecule has 0 saturated carbocycles. The van der Waals surface area contributed by atoms with Gasteiger partial charge in [0.05, 0.1) is 12.1 Å². The average Bonchev–Trinajstić information content (AvgIpc) is 3.46. The van der Waals surface area contributed by atoms with E-state index in [1.165, 1.54) is 35.1 Å². The highest BCUT2D eigenvalue weighted by molar-refractivity contribution is 7.13. The van der Waals surface area contributed by atoms with Crippen molar-refractivity contribution in [3.05, 3.63) is 93.1 Å². The lowest BCUT2D eigenvalue weighted by Gasteiger charge is -2.10. The van der Waals surface area contributed by atoms with Gasteiger partial charge in [-0.15, -0.1) is 28.5 Å². The standard InChI is InChI=1S/C31H35F3N6O3S/c1-4-6-7-12-23(21(3)5-2)20-35-29(42)30-40-39-28(44-30)15-9-8-13-24-16-17-26(38-37-24)36-27(41)19-22-11-10-14-25(18-22)43-31(32,33)34/h4,6-7,10-12,14,16-18H,5,8-9,13,15,19-20H2,1-3H3,(H,35,42)(H,36,38,41)/b6-4-,12-7-,23-21+. The first kappa shape index (κ1) is 34.1. The van der Waals surface area contributed by atoms with Crippen LogP contribution in [0.5, 0.6) is 5.75 Å². The first-order valence-corrected chi connectivity index (χ1v) is 14.9. The molecule has 0 aliphatic carbocycles. The van der Waals surface area contributed by atoms with E-state index in [4.69, 9.17) is 0 Å². The number of unbranched alkanes of at least 4 members (excludes halogenated alkanes) is 1. The minimum atomic E-state index is -4.81. The molecule has 0 bridgehead atoms. The van der Waals surface area contributed by atoms with Crippen molar-refractivity contribution in [2.75, 3.05) is 11.9 Å². The van der Waals surface area contributed by atoms with Crippen LogP contribution in [0.3, 0.4) is 0 Å².